The van der Waals surface area contributed by atoms with Gasteiger partial charge in [0.05, 0.1) is 11.6 Å². The van der Waals surface area contributed by atoms with Crippen LogP contribution in [0.15, 0.2) is 48.7 Å². The van der Waals surface area contributed by atoms with Crippen LogP contribution < -0.4 is 0 Å². The normalized spacial score (nSPS) is 22.0. The molecule has 2 atom stereocenters. The Bertz CT molecular complexity index is 672. The Morgan fingerprint density at radius 2 is 2.13 bits per heavy atom. The Kier molecular flexibility index (Phi) is 4.72. The number of rotatable bonds is 4. The zero-order valence-corrected chi connectivity index (χ0v) is 13.4. The van der Waals surface area contributed by atoms with Gasteiger partial charge in [-0.15, -0.1) is 0 Å². The molecule has 1 aliphatic heterocycles. The van der Waals surface area contributed by atoms with E-state index in [1.54, 1.807) is 6.20 Å². The lowest BCUT2D eigenvalue weighted by Crippen LogP contribution is -2.41. The number of benzene rings is 1. The highest BCUT2D eigenvalue weighted by atomic mass is 16.4. The largest absolute Gasteiger partial charge is 0.481 e. The minimum absolute atomic E-state index is 0.252. The van der Waals surface area contributed by atoms with Crippen molar-refractivity contribution >= 4 is 5.97 Å². The third-order valence-electron chi connectivity index (χ3n) is 4.38. The van der Waals surface area contributed by atoms with Crippen molar-refractivity contribution in [3.8, 4) is 11.3 Å². The number of piperidine rings is 1. The number of aromatic nitrogens is 1. The lowest BCUT2D eigenvalue weighted by molar-refractivity contribution is -0.144. The second kappa shape index (κ2) is 6.92. The van der Waals surface area contributed by atoms with E-state index in [1.165, 1.54) is 5.56 Å². The molecule has 4 heteroatoms. The molecule has 1 saturated heterocycles. The molecule has 0 bridgehead atoms. The summed E-state index contributed by atoms with van der Waals surface area (Å²) < 4.78 is 0. The van der Waals surface area contributed by atoms with Gasteiger partial charge in [-0.05, 0) is 36.1 Å². The minimum Gasteiger partial charge on any atom is -0.481 e. The molecule has 3 rings (SSSR count). The van der Waals surface area contributed by atoms with Crippen LogP contribution in [0, 0.1) is 11.8 Å². The summed E-state index contributed by atoms with van der Waals surface area (Å²) in [4.78, 5) is 17.9. The van der Waals surface area contributed by atoms with Crippen LogP contribution in [0.1, 0.15) is 18.9 Å². The summed E-state index contributed by atoms with van der Waals surface area (Å²) in [6.07, 6.45) is 2.57. The van der Waals surface area contributed by atoms with E-state index < -0.39 is 5.97 Å². The third kappa shape index (κ3) is 3.96. The molecule has 1 N–H and O–H groups in total. The first-order chi connectivity index (χ1) is 11.1. The standard InChI is InChI=1S/C19H22N2O2/c1-14-9-17(19(22)23)13-21(11-14)12-15-5-4-6-16(10-15)18-7-2-3-8-20-18/h2-8,10,14,17H,9,11-13H2,1H3,(H,22,23). The summed E-state index contributed by atoms with van der Waals surface area (Å²) in [5.41, 5.74) is 3.26. The van der Waals surface area contributed by atoms with Gasteiger partial charge in [-0.3, -0.25) is 14.7 Å². The molecule has 2 aromatic rings. The summed E-state index contributed by atoms with van der Waals surface area (Å²) in [5.74, 6) is -0.509. The Labute approximate surface area is 136 Å². The quantitative estimate of drug-likeness (QED) is 0.941. The zero-order chi connectivity index (χ0) is 16.2. The van der Waals surface area contributed by atoms with E-state index in [-0.39, 0.29) is 5.92 Å². The molecule has 0 amide bonds. The lowest BCUT2D eigenvalue weighted by atomic mass is 9.90. The molecule has 1 aromatic carbocycles. The molecule has 1 aromatic heterocycles. The molecule has 0 spiro atoms. The Morgan fingerprint density at radius 1 is 1.26 bits per heavy atom. The monoisotopic (exact) mass is 310 g/mol. The van der Waals surface area contributed by atoms with Gasteiger partial charge in [-0.1, -0.05) is 31.2 Å². The number of hydrogen-bond donors (Lipinski definition) is 1. The average Bonchev–Trinajstić information content (AvgIpc) is 2.55. The van der Waals surface area contributed by atoms with Gasteiger partial charge >= 0.3 is 5.97 Å². The number of aliphatic carboxylic acids is 1. The number of nitrogens with zero attached hydrogens (tertiary/aromatic N) is 2. The van der Waals surface area contributed by atoms with E-state index in [9.17, 15) is 9.90 Å². The predicted molar refractivity (Wildman–Crippen MR) is 89.9 cm³/mol. The van der Waals surface area contributed by atoms with Crippen molar-refractivity contribution in [3.05, 3.63) is 54.2 Å². The zero-order valence-electron chi connectivity index (χ0n) is 13.4. The van der Waals surface area contributed by atoms with Gasteiger partial charge in [0.15, 0.2) is 0 Å². The van der Waals surface area contributed by atoms with Crippen LogP contribution in [0.2, 0.25) is 0 Å². The van der Waals surface area contributed by atoms with Crippen molar-refractivity contribution in [2.24, 2.45) is 11.8 Å². The highest BCUT2D eigenvalue weighted by Gasteiger charge is 2.29. The molecule has 120 valence electrons. The summed E-state index contributed by atoms with van der Waals surface area (Å²) in [6.45, 7) is 4.51. The second-order valence-corrected chi connectivity index (χ2v) is 6.49. The minimum atomic E-state index is -0.677. The van der Waals surface area contributed by atoms with Gasteiger partial charge in [0.25, 0.3) is 0 Å². The number of carboxylic acid groups (broad SMARTS) is 1. The molecule has 2 unspecified atom stereocenters. The SMILES string of the molecule is CC1CC(C(=O)O)CN(Cc2cccc(-c3ccccn3)c2)C1. The van der Waals surface area contributed by atoms with E-state index in [0.29, 0.717) is 12.5 Å². The number of carbonyl (C=O) groups is 1. The Morgan fingerprint density at radius 3 is 2.87 bits per heavy atom. The number of hydrogen-bond acceptors (Lipinski definition) is 3. The van der Waals surface area contributed by atoms with Gasteiger partial charge in [0.2, 0.25) is 0 Å². The van der Waals surface area contributed by atoms with Gasteiger partial charge in [-0.2, -0.15) is 0 Å². The molecule has 1 fully saturated rings. The van der Waals surface area contributed by atoms with Crippen LogP contribution in [0.3, 0.4) is 0 Å². The first-order valence-corrected chi connectivity index (χ1v) is 8.07. The van der Waals surface area contributed by atoms with Crippen molar-refractivity contribution in [2.75, 3.05) is 13.1 Å². The van der Waals surface area contributed by atoms with Crippen molar-refractivity contribution in [2.45, 2.75) is 19.9 Å². The van der Waals surface area contributed by atoms with Crippen molar-refractivity contribution < 1.29 is 9.90 Å². The predicted octanol–water partition coefficient (Wildman–Crippen LogP) is 3.29. The first-order valence-electron chi connectivity index (χ1n) is 8.07. The van der Waals surface area contributed by atoms with E-state index in [0.717, 1.165) is 30.8 Å². The summed E-state index contributed by atoms with van der Waals surface area (Å²) in [5, 5.41) is 9.30. The molecule has 1 aliphatic rings. The lowest BCUT2D eigenvalue weighted by Gasteiger charge is -2.34. The maximum Gasteiger partial charge on any atom is 0.307 e. The molecule has 2 heterocycles. The van der Waals surface area contributed by atoms with Crippen LogP contribution in [0.25, 0.3) is 11.3 Å². The molecule has 0 saturated carbocycles. The first kappa shape index (κ1) is 15.7. The smallest absolute Gasteiger partial charge is 0.307 e. The van der Waals surface area contributed by atoms with Gasteiger partial charge in [0, 0.05) is 31.4 Å². The van der Waals surface area contributed by atoms with Crippen LogP contribution >= 0.6 is 0 Å². The van der Waals surface area contributed by atoms with Gasteiger partial charge in [0.1, 0.15) is 0 Å². The van der Waals surface area contributed by atoms with Crippen molar-refractivity contribution in [1.29, 1.82) is 0 Å². The number of pyridine rings is 1. The molecule has 0 aliphatic carbocycles. The molecular formula is C19H22N2O2. The fourth-order valence-electron chi connectivity index (χ4n) is 3.39. The average molecular weight is 310 g/mol. The van der Waals surface area contributed by atoms with Crippen molar-refractivity contribution in [3.63, 3.8) is 0 Å². The van der Waals surface area contributed by atoms with Crippen LogP contribution in [0.4, 0.5) is 0 Å². The molecule has 4 nitrogen and oxygen atoms in total. The van der Waals surface area contributed by atoms with E-state index in [2.05, 4.69) is 35.0 Å². The maximum atomic E-state index is 11.3. The van der Waals surface area contributed by atoms with Crippen LogP contribution in [-0.4, -0.2) is 34.0 Å². The maximum absolute atomic E-state index is 11.3. The van der Waals surface area contributed by atoms with E-state index in [1.807, 2.05) is 24.3 Å². The number of carboxylic acids is 1. The van der Waals surface area contributed by atoms with Crippen LogP contribution in [-0.2, 0) is 11.3 Å². The van der Waals surface area contributed by atoms with Crippen LogP contribution in [0.5, 0.6) is 0 Å². The number of likely N-dealkylation sites (tertiary alicyclic amines) is 1. The third-order valence-corrected chi connectivity index (χ3v) is 4.38. The molecule has 0 radical (unpaired) electrons. The molecular weight excluding hydrogens is 288 g/mol. The van der Waals surface area contributed by atoms with Gasteiger partial charge in [-0.25, -0.2) is 0 Å². The molecule has 23 heavy (non-hydrogen) atoms. The Hall–Kier alpha value is -2.20. The summed E-state index contributed by atoms with van der Waals surface area (Å²) in [6, 6.07) is 14.3. The van der Waals surface area contributed by atoms with Crippen molar-refractivity contribution in [1.82, 2.24) is 9.88 Å². The van der Waals surface area contributed by atoms with E-state index in [4.69, 9.17) is 0 Å². The second-order valence-electron chi connectivity index (χ2n) is 6.49. The summed E-state index contributed by atoms with van der Waals surface area (Å²) >= 11 is 0. The highest BCUT2D eigenvalue weighted by Crippen LogP contribution is 2.24. The fourth-order valence-corrected chi connectivity index (χ4v) is 3.39. The van der Waals surface area contributed by atoms with E-state index >= 15 is 0 Å². The Balaban J connectivity index is 1.74. The fraction of sp³-hybridized carbons (Fsp3) is 0.368. The topological polar surface area (TPSA) is 53.4 Å². The summed E-state index contributed by atoms with van der Waals surface area (Å²) in [7, 11) is 0. The highest BCUT2D eigenvalue weighted by molar-refractivity contribution is 5.70. The van der Waals surface area contributed by atoms with Gasteiger partial charge < -0.3 is 5.11 Å².